The van der Waals surface area contributed by atoms with Gasteiger partial charge in [-0.25, -0.2) is 0 Å². The molecule has 0 radical (unpaired) electrons. The zero-order valence-electron chi connectivity index (χ0n) is 9.96. The number of ether oxygens (including phenoxy) is 2. The van der Waals surface area contributed by atoms with Gasteiger partial charge in [0.25, 0.3) is 0 Å². The molecule has 13 heavy (non-hydrogen) atoms. The maximum atomic E-state index is 5.14. The van der Waals surface area contributed by atoms with E-state index in [1.165, 1.54) is 13.0 Å². The molecule has 0 aliphatic carbocycles. The van der Waals surface area contributed by atoms with E-state index < -0.39 is 0 Å². The Morgan fingerprint density at radius 1 is 1.15 bits per heavy atom. The molecule has 1 saturated heterocycles. The minimum Gasteiger partial charge on any atom is -0.388 e. The fourth-order valence-corrected chi connectivity index (χ4v) is 1.09. The van der Waals surface area contributed by atoms with Crippen LogP contribution in [0, 0.1) is 0 Å². The van der Waals surface area contributed by atoms with Crippen LogP contribution in [0.4, 0.5) is 0 Å². The molecule has 1 fully saturated rings. The fraction of sp³-hybridized carbons (Fsp3) is 1.00. The number of likely N-dealkylation sites (N-methyl/N-ethyl adjacent to an activating group) is 1. The SMILES string of the molecule is CC.COC.COC1CCN(C)C1. The van der Waals surface area contributed by atoms with Gasteiger partial charge in [0, 0.05) is 34.4 Å². The van der Waals surface area contributed by atoms with Gasteiger partial charge in [0.15, 0.2) is 0 Å². The Morgan fingerprint density at radius 3 is 1.77 bits per heavy atom. The summed E-state index contributed by atoms with van der Waals surface area (Å²) in [5.41, 5.74) is 0. The molecular formula is C10H25NO2. The fourth-order valence-electron chi connectivity index (χ4n) is 1.09. The van der Waals surface area contributed by atoms with Gasteiger partial charge in [-0.3, -0.25) is 0 Å². The molecule has 1 heterocycles. The smallest absolute Gasteiger partial charge is 0.0710 e. The van der Waals surface area contributed by atoms with Crippen molar-refractivity contribution in [2.45, 2.75) is 26.4 Å². The van der Waals surface area contributed by atoms with Crippen molar-refractivity contribution in [2.24, 2.45) is 0 Å². The van der Waals surface area contributed by atoms with E-state index in [0.717, 1.165) is 6.54 Å². The Hall–Kier alpha value is -0.120. The van der Waals surface area contributed by atoms with Crippen molar-refractivity contribution in [3.05, 3.63) is 0 Å². The highest BCUT2D eigenvalue weighted by molar-refractivity contribution is 4.71. The van der Waals surface area contributed by atoms with Gasteiger partial charge in [-0.15, -0.1) is 0 Å². The van der Waals surface area contributed by atoms with Gasteiger partial charge in [-0.05, 0) is 13.5 Å². The van der Waals surface area contributed by atoms with Gasteiger partial charge in [0.05, 0.1) is 6.10 Å². The zero-order chi connectivity index (χ0) is 10.7. The van der Waals surface area contributed by atoms with Crippen molar-refractivity contribution in [3.63, 3.8) is 0 Å². The largest absolute Gasteiger partial charge is 0.388 e. The van der Waals surface area contributed by atoms with Crippen molar-refractivity contribution in [1.82, 2.24) is 4.90 Å². The summed E-state index contributed by atoms with van der Waals surface area (Å²) < 4.78 is 9.39. The Kier molecular flexibility index (Phi) is 14.0. The third-order valence-corrected chi connectivity index (χ3v) is 1.68. The minimum absolute atomic E-state index is 0.500. The number of hydrogen-bond donors (Lipinski definition) is 0. The number of nitrogens with zero attached hydrogens (tertiary/aromatic N) is 1. The molecule has 3 nitrogen and oxygen atoms in total. The van der Waals surface area contributed by atoms with Gasteiger partial charge in [-0.2, -0.15) is 0 Å². The molecule has 1 aliphatic heterocycles. The molecule has 0 bridgehead atoms. The summed E-state index contributed by atoms with van der Waals surface area (Å²) in [4.78, 5) is 2.29. The molecular weight excluding hydrogens is 166 g/mol. The summed E-state index contributed by atoms with van der Waals surface area (Å²) in [5, 5.41) is 0. The summed E-state index contributed by atoms with van der Waals surface area (Å²) >= 11 is 0. The second-order valence-corrected chi connectivity index (χ2v) is 2.82. The van der Waals surface area contributed by atoms with E-state index in [9.17, 15) is 0 Å². The van der Waals surface area contributed by atoms with Crippen LogP contribution in [0.3, 0.4) is 0 Å². The van der Waals surface area contributed by atoms with E-state index in [2.05, 4.69) is 16.7 Å². The monoisotopic (exact) mass is 191 g/mol. The summed E-state index contributed by atoms with van der Waals surface area (Å²) in [7, 11) is 7.16. The summed E-state index contributed by atoms with van der Waals surface area (Å²) in [6.45, 7) is 6.30. The van der Waals surface area contributed by atoms with Crippen LogP contribution >= 0.6 is 0 Å². The maximum absolute atomic E-state index is 5.14. The highest BCUT2D eigenvalue weighted by Crippen LogP contribution is 2.07. The summed E-state index contributed by atoms with van der Waals surface area (Å²) in [5.74, 6) is 0. The van der Waals surface area contributed by atoms with E-state index in [0.29, 0.717) is 6.10 Å². The first-order valence-corrected chi connectivity index (χ1v) is 4.86. The molecule has 0 saturated carbocycles. The summed E-state index contributed by atoms with van der Waals surface area (Å²) in [6.07, 6.45) is 1.70. The maximum Gasteiger partial charge on any atom is 0.0710 e. The molecule has 0 amide bonds. The summed E-state index contributed by atoms with van der Waals surface area (Å²) in [6, 6.07) is 0. The van der Waals surface area contributed by atoms with Crippen molar-refractivity contribution in [3.8, 4) is 0 Å². The van der Waals surface area contributed by atoms with Gasteiger partial charge in [-0.1, -0.05) is 13.8 Å². The van der Waals surface area contributed by atoms with Gasteiger partial charge in [0.2, 0.25) is 0 Å². The van der Waals surface area contributed by atoms with E-state index in [4.69, 9.17) is 4.74 Å². The third-order valence-electron chi connectivity index (χ3n) is 1.68. The number of likely N-dealkylation sites (tertiary alicyclic amines) is 1. The van der Waals surface area contributed by atoms with E-state index >= 15 is 0 Å². The highest BCUT2D eigenvalue weighted by atomic mass is 16.5. The van der Waals surface area contributed by atoms with Crippen molar-refractivity contribution in [1.29, 1.82) is 0 Å². The Balaban J connectivity index is 0. The number of methoxy groups -OCH3 is 2. The normalized spacial score (nSPS) is 21.2. The van der Waals surface area contributed by atoms with Crippen LogP contribution in [-0.2, 0) is 9.47 Å². The predicted molar refractivity (Wildman–Crippen MR) is 57.2 cm³/mol. The van der Waals surface area contributed by atoms with E-state index in [-0.39, 0.29) is 0 Å². The molecule has 1 rings (SSSR count). The molecule has 0 aromatic carbocycles. The van der Waals surface area contributed by atoms with E-state index in [1.807, 2.05) is 13.8 Å². The van der Waals surface area contributed by atoms with Gasteiger partial charge < -0.3 is 14.4 Å². The lowest BCUT2D eigenvalue weighted by Crippen LogP contribution is -2.17. The van der Waals surface area contributed by atoms with Crippen LogP contribution < -0.4 is 0 Å². The molecule has 82 valence electrons. The second-order valence-electron chi connectivity index (χ2n) is 2.82. The molecule has 1 aliphatic rings. The average molecular weight is 191 g/mol. The molecule has 0 aromatic heterocycles. The number of rotatable bonds is 1. The molecule has 0 N–H and O–H groups in total. The molecule has 0 spiro atoms. The minimum atomic E-state index is 0.500. The molecule has 1 atom stereocenters. The van der Waals surface area contributed by atoms with Crippen molar-refractivity contribution >= 4 is 0 Å². The van der Waals surface area contributed by atoms with Gasteiger partial charge in [0.1, 0.15) is 0 Å². The van der Waals surface area contributed by atoms with Crippen molar-refractivity contribution < 1.29 is 9.47 Å². The van der Waals surface area contributed by atoms with Crippen molar-refractivity contribution in [2.75, 3.05) is 41.5 Å². The quantitative estimate of drug-likeness (QED) is 0.629. The highest BCUT2D eigenvalue weighted by Gasteiger charge is 2.17. The van der Waals surface area contributed by atoms with Crippen LogP contribution in [0.1, 0.15) is 20.3 Å². The lowest BCUT2D eigenvalue weighted by molar-refractivity contribution is 0.111. The Bertz CT molecular complexity index is 89.0. The Labute approximate surface area is 83.0 Å². The average Bonchev–Trinajstić information content (AvgIpc) is 2.56. The number of hydrogen-bond acceptors (Lipinski definition) is 3. The van der Waals surface area contributed by atoms with Crippen LogP contribution in [0.15, 0.2) is 0 Å². The van der Waals surface area contributed by atoms with Gasteiger partial charge >= 0.3 is 0 Å². The molecule has 0 aromatic rings. The lowest BCUT2D eigenvalue weighted by atomic mass is 10.3. The third kappa shape index (κ3) is 9.80. The molecule has 3 heteroatoms. The van der Waals surface area contributed by atoms with Crippen LogP contribution in [0.2, 0.25) is 0 Å². The standard InChI is InChI=1S/C6H13NO.C2H6O.C2H6/c1-7-4-3-6(5-7)8-2;1-3-2;1-2/h6H,3-5H2,1-2H3;1-2H3;1-2H3. The van der Waals surface area contributed by atoms with Crippen LogP contribution in [-0.4, -0.2) is 52.5 Å². The van der Waals surface area contributed by atoms with Crippen LogP contribution in [0.25, 0.3) is 0 Å². The first kappa shape index (κ1) is 15.4. The first-order valence-electron chi connectivity index (χ1n) is 4.86. The first-order chi connectivity index (χ1) is 6.24. The topological polar surface area (TPSA) is 21.7 Å². The Morgan fingerprint density at radius 2 is 1.62 bits per heavy atom. The van der Waals surface area contributed by atoms with E-state index in [1.54, 1.807) is 21.3 Å². The van der Waals surface area contributed by atoms with Crippen LogP contribution in [0.5, 0.6) is 0 Å². The zero-order valence-corrected chi connectivity index (χ0v) is 9.96. The predicted octanol–water partition coefficient (Wildman–Crippen LogP) is 1.63. The molecule has 1 unspecified atom stereocenters. The lowest BCUT2D eigenvalue weighted by Gasteiger charge is -2.06. The second kappa shape index (κ2) is 11.9.